The molecule has 0 saturated carbocycles. The van der Waals surface area contributed by atoms with Gasteiger partial charge in [-0.15, -0.1) is 0 Å². The van der Waals surface area contributed by atoms with Gasteiger partial charge in [0, 0.05) is 23.1 Å². The van der Waals surface area contributed by atoms with Gasteiger partial charge in [0.1, 0.15) is 0 Å². The summed E-state index contributed by atoms with van der Waals surface area (Å²) in [6, 6.07) is 7.27. The quantitative estimate of drug-likeness (QED) is 0.735. The second kappa shape index (κ2) is 8.17. The second-order valence-electron chi connectivity index (χ2n) is 5.54. The molecule has 0 aliphatic rings. The van der Waals surface area contributed by atoms with Crippen molar-refractivity contribution >= 4 is 27.8 Å². The molecule has 1 atom stereocenters. The van der Waals surface area contributed by atoms with Crippen LogP contribution in [0.5, 0.6) is 0 Å². The fourth-order valence-corrected chi connectivity index (χ4v) is 2.49. The monoisotopic (exact) mass is 355 g/mol. The first-order valence-corrected chi connectivity index (χ1v) is 7.77. The number of carbonyl (C=O) groups is 2. The van der Waals surface area contributed by atoms with Gasteiger partial charge >= 0.3 is 5.97 Å². The molecular weight excluding hydrogens is 334 g/mol. The summed E-state index contributed by atoms with van der Waals surface area (Å²) in [6.45, 7) is 6.82. The zero-order chi connectivity index (χ0) is 16.0. The van der Waals surface area contributed by atoms with E-state index in [1.54, 1.807) is 24.0 Å². The van der Waals surface area contributed by atoms with Crippen LogP contribution in [-0.4, -0.2) is 37.0 Å². The number of ether oxygens (including phenoxy) is 1. The number of carbonyl (C=O) groups excluding carboxylic acids is 2. The van der Waals surface area contributed by atoms with Gasteiger partial charge in [0.25, 0.3) is 5.91 Å². The van der Waals surface area contributed by atoms with Gasteiger partial charge in [0.2, 0.25) is 0 Å². The van der Waals surface area contributed by atoms with Gasteiger partial charge in [-0.25, -0.2) is 0 Å². The van der Waals surface area contributed by atoms with Gasteiger partial charge in [0.05, 0.1) is 13.0 Å². The number of nitrogens with zero attached hydrogens (tertiary/aromatic N) is 1. The van der Waals surface area contributed by atoms with Crippen molar-refractivity contribution in [1.29, 1.82) is 0 Å². The van der Waals surface area contributed by atoms with E-state index in [0.29, 0.717) is 24.6 Å². The summed E-state index contributed by atoms with van der Waals surface area (Å²) in [5, 5.41) is 0. The maximum absolute atomic E-state index is 12.6. The Balaban J connectivity index is 2.91. The van der Waals surface area contributed by atoms with Crippen molar-refractivity contribution in [2.45, 2.75) is 20.8 Å². The van der Waals surface area contributed by atoms with E-state index in [1.165, 1.54) is 7.11 Å². The molecule has 21 heavy (non-hydrogen) atoms. The summed E-state index contributed by atoms with van der Waals surface area (Å²) >= 11 is 3.37. The minimum atomic E-state index is -0.343. The summed E-state index contributed by atoms with van der Waals surface area (Å²) < 4.78 is 5.60. The highest BCUT2D eigenvalue weighted by atomic mass is 79.9. The maximum Gasteiger partial charge on any atom is 0.310 e. The third kappa shape index (κ3) is 5.50. The molecule has 1 rings (SSSR count). The van der Waals surface area contributed by atoms with Crippen molar-refractivity contribution < 1.29 is 14.3 Å². The third-order valence-electron chi connectivity index (χ3n) is 3.04. The van der Waals surface area contributed by atoms with Crippen molar-refractivity contribution in [3.63, 3.8) is 0 Å². The number of benzene rings is 1. The van der Waals surface area contributed by atoms with Crippen LogP contribution in [0.3, 0.4) is 0 Å². The molecule has 0 bridgehead atoms. The van der Waals surface area contributed by atoms with Crippen LogP contribution in [0, 0.1) is 11.8 Å². The molecule has 0 spiro atoms. The van der Waals surface area contributed by atoms with E-state index < -0.39 is 0 Å². The molecule has 1 aromatic rings. The lowest BCUT2D eigenvalue weighted by molar-refractivity contribution is -0.145. The van der Waals surface area contributed by atoms with Crippen molar-refractivity contribution in [3.05, 3.63) is 34.3 Å². The molecule has 0 heterocycles. The molecule has 0 aromatic heterocycles. The van der Waals surface area contributed by atoms with Crippen LogP contribution < -0.4 is 0 Å². The molecule has 0 N–H and O–H groups in total. The summed E-state index contributed by atoms with van der Waals surface area (Å²) in [5.74, 6) is -0.387. The van der Waals surface area contributed by atoms with E-state index >= 15 is 0 Å². The number of amides is 1. The van der Waals surface area contributed by atoms with Crippen molar-refractivity contribution in [2.75, 3.05) is 20.2 Å². The molecule has 0 aliphatic heterocycles. The Kier molecular flexibility index (Phi) is 6.89. The highest BCUT2D eigenvalue weighted by Gasteiger charge is 2.23. The predicted octanol–water partition coefficient (Wildman–Crippen LogP) is 3.36. The van der Waals surface area contributed by atoms with E-state index in [-0.39, 0.29) is 17.8 Å². The Morgan fingerprint density at radius 1 is 1.24 bits per heavy atom. The standard InChI is InChI=1S/C16H22BrNO3/c1-11(2)9-18(10-12(3)16(20)21-4)15(19)13-6-5-7-14(17)8-13/h5-8,11-12H,9-10H2,1-4H3. The SMILES string of the molecule is COC(=O)C(C)CN(CC(C)C)C(=O)c1cccc(Br)c1. The van der Waals surface area contributed by atoms with Crippen LogP contribution in [0.1, 0.15) is 31.1 Å². The average molecular weight is 356 g/mol. The van der Waals surface area contributed by atoms with Crippen molar-refractivity contribution in [2.24, 2.45) is 11.8 Å². The Morgan fingerprint density at radius 3 is 2.43 bits per heavy atom. The van der Waals surface area contributed by atoms with E-state index in [9.17, 15) is 9.59 Å². The molecule has 0 saturated heterocycles. The Morgan fingerprint density at radius 2 is 1.90 bits per heavy atom. The number of halogens is 1. The molecule has 4 nitrogen and oxygen atoms in total. The average Bonchev–Trinajstić information content (AvgIpc) is 2.44. The highest BCUT2D eigenvalue weighted by Crippen LogP contribution is 2.15. The summed E-state index contributed by atoms with van der Waals surface area (Å²) in [6.07, 6.45) is 0. The normalized spacial score (nSPS) is 12.1. The van der Waals surface area contributed by atoms with E-state index in [1.807, 2.05) is 26.0 Å². The minimum absolute atomic E-state index is 0.0687. The lowest BCUT2D eigenvalue weighted by Crippen LogP contribution is -2.39. The van der Waals surface area contributed by atoms with E-state index in [4.69, 9.17) is 4.74 Å². The van der Waals surface area contributed by atoms with Crippen molar-refractivity contribution in [1.82, 2.24) is 4.90 Å². The van der Waals surface area contributed by atoms with Gasteiger partial charge < -0.3 is 9.64 Å². The molecule has 1 unspecified atom stereocenters. The molecular formula is C16H22BrNO3. The highest BCUT2D eigenvalue weighted by molar-refractivity contribution is 9.10. The van der Waals surface area contributed by atoms with E-state index in [2.05, 4.69) is 15.9 Å². The van der Waals surface area contributed by atoms with Crippen LogP contribution >= 0.6 is 15.9 Å². The lowest BCUT2D eigenvalue weighted by Gasteiger charge is -2.27. The van der Waals surface area contributed by atoms with E-state index in [0.717, 1.165) is 4.47 Å². The number of hydrogen-bond acceptors (Lipinski definition) is 3. The summed E-state index contributed by atoms with van der Waals surface area (Å²) in [7, 11) is 1.36. The van der Waals surface area contributed by atoms with Crippen LogP contribution in [0.15, 0.2) is 28.7 Å². The molecule has 116 valence electrons. The van der Waals surface area contributed by atoms with Gasteiger partial charge in [-0.05, 0) is 24.1 Å². The summed E-state index contributed by atoms with van der Waals surface area (Å²) in [5.41, 5.74) is 0.613. The fraction of sp³-hybridized carbons (Fsp3) is 0.500. The first-order valence-electron chi connectivity index (χ1n) is 6.97. The Hall–Kier alpha value is -1.36. The zero-order valence-electron chi connectivity index (χ0n) is 12.9. The molecule has 1 amide bonds. The number of methoxy groups -OCH3 is 1. The van der Waals surface area contributed by atoms with Crippen LogP contribution in [-0.2, 0) is 9.53 Å². The Bertz CT molecular complexity index is 502. The van der Waals surface area contributed by atoms with Gasteiger partial charge in [-0.1, -0.05) is 42.8 Å². The van der Waals surface area contributed by atoms with Crippen molar-refractivity contribution in [3.8, 4) is 0 Å². The molecule has 0 aliphatic carbocycles. The van der Waals surface area contributed by atoms with Gasteiger partial charge in [-0.3, -0.25) is 9.59 Å². The molecule has 0 fully saturated rings. The molecule has 0 radical (unpaired) electrons. The van der Waals surface area contributed by atoms with Gasteiger partial charge in [-0.2, -0.15) is 0 Å². The molecule has 5 heteroatoms. The topological polar surface area (TPSA) is 46.6 Å². The fourth-order valence-electron chi connectivity index (χ4n) is 2.09. The number of hydrogen-bond donors (Lipinski definition) is 0. The first-order chi connectivity index (χ1) is 9.85. The first kappa shape index (κ1) is 17.7. The Labute approximate surface area is 134 Å². The minimum Gasteiger partial charge on any atom is -0.469 e. The van der Waals surface area contributed by atoms with Crippen LogP contribution in [0.2, 0.25) is 0 Å². The number of rotatable bonds is 6. The number of esters is 1. The predicted molar refractivity (Wildman–Crippen MR) is 86.1 cm³/mol. The van der Waals surface area contributed by atoms with Crippen LogP contribution in [0.4, 0.5) is 0 Å². The second-order valence-corrected chi connectivity index (χ2v) is 6.45. The van der Waals surface area contributed by atoms with Crippen LogP contribution in [0.25, 0.3) is 0 Å². The van der Waals surface area contributed by atoms with Gasteiger partial charge in [0.15, 0.2) is 0 Å². The largest absolute Gasteiger partial charge is 0.469 e. The maximum atomic E-state index is 12.6. The lowest BCUT2D eigenvalue weighted by atomic mass is 10.1. The smallest absolute Gasteiger partial charge is 0.310 e. The zero-order valence-corrected chi connectivity index (χ0v) is 14.5. The molecule has 1 aromatic carbocycles. The third-order valence-corrected chi connectivity index (χ3v) is 3.54. The summed E-state index contributed by atoms with van der Waals surface area (Å²) in [4.78, 5) is 25.9.